The summed E-state index contributed by atoms with van der Waals surface area (Å²) in [6.45, 7) is 0. The molecule has 0 bridgehead atoms. The summed E-state index contributed by atoms with van der Waals surface area (Å²) in [6, 6.07) is 14.1. The minimum absolute atomic E-state index is 0.0301. The lowest BCUT2D eigenvalue weighted by atomic mass is 10.3. The number of benzene rings is 2. The van der Waals surface area contributed by atoms with Crippen LogP contribution in [0, 0.1) is 10.1 Å². The highest BCUT2D eigenvalue weighted by atomic mass is 32.2. The Balaban J connectivity index is 1.52. The molecule has 0 atom stereocenters. The van der Waals surface area contributed by atoms with Gasteiger partial charge in [-0.1, -0.05) is 30.0 Å². The number of carbonyl (C=O) groups is 1. The van der Waals surface area contributed by atoms with Crippen LogP contribution in [0.3, 0.4) is 0 Å². The number of amides is 1. The summed E-state index contributed by atoms with van der Waals surface area (Å²) < 4.78 is 2.53. The first-order valence-corrected chi connectivity index (χ1v) is 10.6. The molecular weight excluding hydrogens is 442 g/mol. The fraction of sp³-hybridized carbons (Fsp3) is 0.0526. The van der Waals surface area contributed by atoms with E-state index in [0.717, 1.165) is 22.5 Å². The van der Waals surface area contributed by atoms with Crippen molar-refractivity contribution in [1.29, 1.82) is 0 Å². The fourth-order valence-corrected chi connectivity index (χ4v) is 4.65. The zero-order chi connectivity index (χ0) is 22.0. The van der Waals surface area contributed by atoms with Crippen molar-refractivity contribution in [3.63, 3.8) is 0 Å². The summed E-state index contributed by atoms with van der Waals surface area (Å²) in [4.78, 5) is 53.4. The average Bonchev–Trinajstić information content (AvgIpc) is 3.14. The Labute approximate surface area is 181 Å². The number of non-ortho nitro benzene ring substituents is 1. The molecule has 4 aromatic rings. The van der Waals surface area contributed by atoms with E-state index in [1.165, 1.54) is 28.0 Å². The Hall–Kier alpha value is -3.77. The second-order valence-electron chi connectivity index (χ2n) is 6.22. The highest BCUT2D eigenvalue weighted by Gasteiger charge is 2.14. The first-order valence-electron chi connectivity index (χ1n) is 8.80. The number of rotatable bonds is 6. The van der Waals surface area contributed by atoms with Gasteiger partial charge in [0.2, 0.25) is 5.91 Å². The number of fused-ring (bicyclic) bond motifs is 1. The zero-order valence-electron chi connectivity index (χ0n) is 15.6. The van der Waals surface area contributed by atoms with Gasteiger partial charge in [0.15, 0.2) is 4.34 Å². The first kappa shape index (κ1) is 20.5. The summed E-state index contributed by atoms with van der Waals surface area (Å²) >= 11 is 2.46. The molecule has 4 rings (SSSR count). The van der Waals surface area contributed by atoms with E-state index in [2.05, 4.69) is 15.3 Å². The Morgan fingerprint density at radius 2 is 1.97 bits per heavy atom. The number of nitro groups is 1. The van der Waals surface area contributed by atoms with E-state index >= 15 is 0 Å². The van der Waals surface area contributed by atoms with Crippen molar-refractivity contribution in [2.45, 2.75) is 4.34 Å². The second kappa shape index (κ2) is 8.53. The molecule has 0 aliphatic heterocycles. The number of hydrogen-bond donors (Lipinski definition) is 2. The molecule has 0 fully saturated rings. The number of thioether (sulfide) groups is 1. The Morgan fingerprint density at radius 1 is 1.19 bits per heavy atom. The van der Waals surface area contributed by atoms with Crippen LogP contribution >= 0.6 is 23.1 Å². The van der Waals surface area contributed by atoms with Crippen LogP contribution in [0.15, 0.2) is 68.5 Å². The monoisotopic (exact) mass is 455 g/mol. The lowest BCUT2D eigenvalue weighted by Gasteiger charge is -2.12. The van der Waals surface area contributed by atoms with E-state index in [-0.39, 0.29) is 17.3 Å². The van der Waals surface area contributed by atoms with Gasteiger partial charge in [-0.25, -0.2) is 14.3 Å². The number of H-pyrrole nitrogens is 1. The molecule has 10 nitrogen and oxygen atoms in total. The predicted molar refractivity (Wildman–Crippen MR) is 118 cm³/mol. The summed E-state index contributed by atoms with van der Waals surface area (Å²) in [5.41, 5.74) is -0.392. The van der Waals surface area contributed by atoms with Crippen LogP contribution in [0.1, 0.15) is 0 Å². The predicted octanol–water partition coefficient (Wildman–Crippen LogP) is 2.77. The number of aromatic nitrogens is 3. The maximum atomic E-state index is 12.5. The van der Waals surface area contributed by atoms with Crippen molar-refractivity contribution in [3.05, 3.63) is 85.5 Å². The topological polar surface area (TPSA) is 140 Å². The zero-order valence-corrected chi connectivity index (χ0v) is 17.2. The molecule has 0 aliphatic carbocycles. The van der Waals surface area contributed by atoms with Gasteiger partial charge in [0.05, 0.1) is 26.6 Å². The van der Waals surface area contributed by atoms with Gasteiger partial charge in [-0.15, -0.1) is 11.3 Å². The lowest BCUT2D eigenvalue weighted by molar-refractivity contribution is -0.384. The summed E-state index contributed by atoms with van der Waals surface area (Å²) in [7, 11) is 0. The molecule has 12 heteroatoms. The molecule has 2 N–H and O–H groups in total. The number of nitro benzene ring substituents is 1. The molecule has 0 spiro atoms. The number of anilines is 1. The van der Waals surface area contributed by atoms with E-state index in [4.69, 9.17) is 0 Å². The molecule has 156 valence electrons. The quantitative estimate of drug-likeness (QED) is 0.259. The maximum absolute atomic E-state index is 12.5. The van der Waals surface area contributed by atoms with Crippen molar-refractivity contribution in [3.8, 4) is 5.69 Å². The maximum Gasteiger partial charge on any atom is 0.334 e. The van der Waals surface area contributed by atoms with Gasteiger partial charge < -0.3 is 5.32 Å². The molecule has 0 saturated carbocycles. The van der Waals surface area contributed by atoms with Gasteiger partial charge in [-0.05, 0) is 18.2 Å². The Morgan fingerprint density at radius 3 is 2.71 bits per heavy atom. The smallest absolute Gasteiger partial charge is 0.311 e. The van der Waals surface area contributed by atoms with Gasteiger partial charge in [-0.2, -0.15) is 0 Å². The van der Waals surface area contributed by atoms with Crippen LogP contribution < -0.4 is 16.6 Å². The van der Waals surface area contributed by atoms with Crippen LogP contribution in [-0.4, -0.2) is 31.1 Å². The minimum Gasteiger partial charge on any atom is -0.311 e. The number of nitrogens with one attached hydrogen (secondary N) is 2. The highest BCUT2D eigenvalue weighted by Crippen LogP contribution is 2.31. The van der Waals surface area contributed by atoms with Crippen molar-refractivity contribution >= 4 is 50.7 Å². The number of carbonyl (C=O) groups excluding carboxylic acids is 1. The van der Waals surface area contributed by atoms with E-state index in [1.807, 2.05) is 0 Å². The first-order chi connectivity index (χ1) is 14.9. The van der Waals surface area contributed by atoms with E-state index in [9.17, 15) is 24.5 Å². The van der Waals surface area contributed by atoms with Gasteiger partial charge in [-0.3, -0.25) is 24.7 Å². The van der Waals surface area contributed by atoms with E-state index in [0.29, 0.717) is 15.5 Å². The minimum atomic E-state index is -0.672. The standard InChI is InChI=1S/C19H13N5O5S2/c25-16-9-15(23(18(27)22-16)11-4-2-1-3-5-11)21-17(26)10-30-19-20-13-8-12(24(28)29)6-7-14(13)31-19/h1-9H,10H2,(H,21,26)(H,22,25,27). The molecule has 31 heavy (non-hydrogen) atoms. The molecule has 0 unspecified atom stereocenters. The van der Waals surface area contributed by atoms with Gasteiger partial charge >= 0.3 is 5.69 Å². The number of aromatic amines is 1. The highest BCUT2D eigenvalue weighted by molar-refractivity contribution is 8.01. The summed E-state index contributed by atoms with van der Waals surface area (Å²) in [6.07, 6.45) is 0. The fourth-order valence-electron chi connectivity index (χ4n) is 2.80. The third kappa shape index (κ3) is 4.54. The molecule has 0 radical (unpaired) electrons. The van der Waals surface area contributed by atoms with Crippen LogP contribution in [0.5, 0.6) is 0 Å². The molecule has 2 aromatic carbocycles. The van der Waals surface area contributed by atoms with Crippen molar-refractivity contribution in [1.82, 2.24) is 14.5 Å². The Kier molecular flexibility index (Phi) is 5.64. The average molecular weight is 455 g/mol. The third-order valence-electron chi connectivity index (χ3n) is 4.11. The number of hydrogen-bond acceptors (Lipinski definition) is 8. The molecule has 1 amide bonds. The van der Waals surface area contributed by atoms with Gasteiger partial charge in [0.1, 0.15) is 5.82 Å². The normalized spacial score (nSPS) is 10.8. The van der Waals surface area contributed by atoms with Crippen molar-refractivity contribution < 1.29 is 9.72 Å². The second-order valence-corrected chi connectivity index (χ2v) is 8.47. The van der Waals surface area contributed by atoms with Crippen molar-refractivity contribution in [2.75, 3.05) is 11.1 Å². The largest absolute Gasteiger partial charge is 0.334 e. The Bertz CT molecular complexity index is 1410. The summed E-state index contributed by atoms with van der Waals surface area (Å²) in [5, 5.41) is 13.5. The van der Waals surface area contributed by atoms with Crippen LogP contribution in [-0.2, 0) is 4.79 Å². The van der Waals surface area contributed by atoms with E-state index < -0.39 is 22.1 Å². The summed E-state index contributed by atoms with van der Waals surface area (Å²) in [5.74, 6) is -0.423. The van der Waals surface area contributed by atoms with Crippen LogP contribution in [0.4, 0.5) is 11.5 Å². The lowest BCUT2D eigenvalue weighted by Crippen LogP contribution is -2.32. The van der Waals surface area contributed by atoms with Gasteiger partial charge in [0, 0.05) is 18.2 Å². The van der Waals surface area contributed by atoms with Crippen molar-refractivity contribution in [2.24, 2.45) is 0 Å². The molecule has 2 aromatic heterocycles. The van der Waals surface area contributed by atoms with Crippen LogP contribution in [0.2, 0.25) is 0 Å². The molecule has 2 heterocycles. The van der Waals surface area contributed by atoms with Crippen LogP contribution in [0.25, 0.3) is 15.9 Å². The SMILES string of the molecule is O=C(CSc1nc2cc([N+](=O)[O-])ccc2s1)Nc1cc(=O)[nH]c(=O)n1-c1ccccc1. The molecule has 0 aliphatic rings. The number of thiazole rings is 1. The molecule has 0 saturated heterocycles. The number of para-hydroxylation sites is 1. The molecular formula is C19H13N5O5S2. The number of nitrogens with zero attached hydrogens (tertiary/aromatic N) is 3. The third-order valence-corrected chi connectivity index (χ3v) is 6.29. The van der Waals surface area contributed by atoms with Gasteiger partial charge in [0.25, 0.3) is 11.2 Å². The van der Waals surface area contributed by atoms with E-state index in [1.54, 1.807) is 36.4 Å².